The Labute approximate surface area is 157 Å². The maximum absolute atomic E-state index is 12.4. The monoisotopic (exact) mass is 382 g/mol. The molecule has 0 fully saturated rings. The molecule has 0 saturated carbocycles. The first-order valence-electron chi connectivity index (χ1n) is 7.99. The Morgan fingerprint density at radius 1 is 1.15 bits per heavy atom. The first-order valence-corrected chi connectivity index (χ1v) is 9.58. The summed E-state index contributed by atoms with van der Waals surface area (Å²) in [6, 6.07) is 15.3. The Morgan fingerprint density at radius 3 is 2.81 bits per heavy atom. The molecule has 2 aromatic carbocycles. The van der Waals surface area contributed by atoms with Crippen molar-refractivity contribution in [3.05, 3.63) is 59.1 Å². The Balaban J connectivity index is 1.55. The molecule has 0 aliphatic heterocycles. The molecule has 0 aliphatic carbocycles. The zero-order valence-corrected chi connectivity index (χ0v) is 15.4. The number of ether oxygens (including phenoxy) is 1. The molecular formula is C18H14N4O2S2. The minimum atomic E-state index is -0.225. The van der Waals surface area contributed by atoms with Gasteiger partial charge in [-0.05, 0) is 42.2 Å². The second-order valence-corrected chi connectivity index (χ2v) is 7.20. The first-order chi connectivity index (χ1) is 12.7. The number of fused-ring (bicyclic) bond motifs is 1. The number of nitrogens with zero attached hydrogens (tertiary/aromatic N) is 3. The van der Waals surface area contributed by atoms with Gasteiger partial charge in [-0.25, -0.2) is 4.98 Å². The summed E-state index contributed by atoms with van der Waals surface area (Å²) in [4.78, 5) is 17.4. The maximum Gasteiger partial charge on any atom is 0.271 e. The Kier molecular flexibility index (Phi) is 4.59. The highest BCUT2D eigenvalue weighted by Gasteiger charge is 2.17. The van der Waals surface area contributed by atoms with Crippen LogP contribution < -0.4 is 10.1 Å². The van der Waals surface area contributed by atoms with Crippen LogP contribution in [0.2, 0.25) is 0 Å². The van der Waals surface area contributed by atoms with E-state index in [0.717, 1.165) is 33.2 Å². The number of amides is 1. The number of hydrogen-bond donors (Lipinski definition) is 1. The largest absolute Gasteiger partial charge is 0.457 e. The molecular weight excluding hydrogens is 368 g/mol. The van der Waals surface area contributed by atoms with Gasteiger partial charge in [0.25, 0.3) is 5.91 Å². The smallest absolute Gasteiger partial charge is 0.271 e. The van der Waals surface area contributed by atoms with Crippen LogP contribution >= 0.6 is 22.9 Å². The van der Waals surface area contributed by atoms with Gasteiger partial charge in [0.05, 0.1) is 15.9 Å². The van der Waals surface area contributed by atoms with Crippen molar-refractivity contribution in [1.82, 2.24) is 14.6 Å². The fraction of sp³-hybridized carbons (Fsp3) is 0.111. The predicted molar refractivity (Wildman–Crippen MR) is 103 cm³/mol. The quantitative estimate of drug-likeness (QED) is 0.539. The van der Waals surface area contributed by atoms with Crippen LogP contribution in [-0.2, 0) is 6.42 Å². The Hall–Kier alpha value is -2.84. The number of carbonyl (C=O) groups excluding carboxylic acids is 1. The van der Waals surface area contributed by atoms with Crippen LogP contribution in [0.1, 0.15) is 22.3 Å². The van der Waals surface area contributed by atoms with Crippen molar-refractivity contribution >= 4 is 44.1 Å². The highest BCUT2D eigenvalue weighted by Crippen LogP contribution is 2.31. The van der Waals surface area contributed by atoms with Gasteiger partial charge in [-0.15, -0.1) is 5.10 Å². The lowest BCUT2D eigenvalue weighted by molar-refractivity contribution is 0.102. The first kappa shape index (κ1) is 16.6. The van der Waals surface area contributed by atoms with Crippen LogP contribution in [0.4, 0.5) is 5.13 Å². The molecule has 1 N–H and O–H groups in total. The van der Waals surface area contributed by atoms with Gasteiger partial charge in [0.15, 0.2) is 5.13 Å². The van der Waals surface area contributed by atoms with Crippen molar-refractivity contribution in [2.75, 3.05) is 5.32 Å². The second-order valence-electron chi connectivity index (χ2n) is 5.42. The number of thiazole rings is 1. The van der Waals surface area contributed by atoms with E-state index in [1.807, 2.05) is 55.5 Å². The van der Waals surface area contributed by atoms with Gasteiger partial charge in [-0.2, -0.15) is 0 Å². The second kappa shape index (κ2) is 7.19. The molecule has 0 spiro atoms. The third kappa shape index (κ3) is 3.42. The van der Waals surface area contributed by atoms with E-state index in [1.54, 1.807) is 0 Å². The molecule has 2 aromatic heterocycles. The van der Waals surface area contributed by atoms with E-state index in [2.05, 4.69) is 19.9 Å². The molecule has 0 unspecified atom stereocenters. The van der Waals surface area contributed by atoms with Crippen LogP contribution in [0.5, 0.6) is 11.5 Å². The van der Waals surface area contributed by atoms with Crippen LogP contribution in [0.25, 0.3) is 10.2 Å². The minimum absolute atomic E-state index is 0.225. The SMILES string of the molecule is CCc1nnsc1C(=O)Nc1nc2ccc(Oc3ccccc3)cc2s1. The van der Waals surface area contributed by atoms with Crippen LogP contribution in [0.3, 0.4) is 0 Å². The van der Waals surface area contributed by atoms with E-state index in [9.17, 15) is 4.79 Å². The van der Waals surface area contributed by atoms with Gasteiger partial charge in [0.1, 0.15) is 16.4 Å². The summed E-state index contributed by atoms with van der Waals surface area (Å²) in [6.45, 7) is 1.94. The molecule has 0 aliphatic rings. The number of hydrogen-bond acceptors (Lipinski definition) is 7. The van der Waals surface area contributed by atoms with Crippen LogP contribution in [0, 0.1) is 0 Å². The summed E-state index contributed by atoms with van der Waals surface area (Å²) in [5.41, 5.74) is 1.51. The third-order valence-electron chi connectivity index (χ3n) is 3.66. The lowest BCUT2D eigenvalue weighted by Crippen LogP contribution is -2.12. The highest BCUT2D eigenvalue weighted by molar-refractivity contribution is 7.22. The molecule has 2 heterocycles. The number of benzene rings is 2. The lowest BCUT2D eigenvalue weighted by atomic mass is 10.3. The van der Waals surface area contributed by atoms with E-state index in [4.69, 9.17) is 4.74 Å². The van der Waals surface area contributed by atoms with Crippen molar-refractivity contribution in [1.29, 1.82) is 0 Å². The summed E-state index contributed by atoms with van der Waals surface area (Å²) in [7, 11) is 0. The van der Waals surface area contributed by atoms with Crippen LogP contribution in [-0.4, -0.2) is 20.5 Å². The number of anilines is 1. The van der Waals surface area contributed by atoms with Crippen molar-refractivity contribution < 1.29 is 9.53 Å². The summed E-state index contributed by atoms with van der Waals surface area (Å²) in [5.74, 6) is 1.27. The van der Waals surface area contributed by atoms with Gasteiger partial charge in [-0.3, -0.25) is 10.1 Å². The number of aryl methyl sites for hydroxylation is 1. The number of rotatable bonds is 5. The van der Waals surface area contributed by atoms with Gasteiger partial charge in [0.2, 0.25) is 0 Å². The summed E-state index contributed by atoms with van der Waals surface area (Å²) in [6.07, 6.45) is 0.666. The Morgan fingerprint density at radius 2 is 2.00 bits per heavy atom. The Bertz CT molecular complexity index is 1060. The molecule has 4 aromatic rings. The van der Waals surface area contributed by atoms with E-state index < -0.39 is 0 Å². The van der Waals surface area contributed by atoms with E-state index in [0.29, 0.717) is 22.1 Å². The summed E-state index contributed by atoms with van der Waals surface area (Å²) < 4.78 is 10.6. The van der Waals surface area contributed by atoms with Crippen molar-refractivity contribution in [3.63, 3.8) is 0 Å². The molecule has 0 bridgehead atoms. The normalized spacial score (nSPS) is 10.8. The molecule has 6 nitrogen and oxygen atoms in total. The topological polar surface area (TPSA) is 77.0 Å². The third-order valence-corrected chi connectivity index (χ3v) is 5.36. The number of aromatic nitrogens is 3. The van der Waals surface area contributed by atoms with Gasteiger partial charge in [0, 0.05) is 6.07 Å². The highest BCUT2D eigenvalue weighted by atomic mass is 32.1. The molecule has 4 rings (SSSR count). The van der Waals surface area contributed by atoms with E-state index >= 15 is 0 Å². The molecule has 0 atom stereocenters. The molecule has 1 amide bonds. The van der Waals surface area contributed by atoms with E-state index in [1.165, 1.54) is 11.3 Å². The average Bonchev–Trinajstić information content (AvgIpc) is 3.28. The average molecular weight is 382 g/mol. The van der Waals surface area contributed by atoms with Gasteiger partial charge < -0.3 is 4.74 Å². The van der Waals surface area contributed by atoms with Crippen molar-refractivity contribution in [2.45, 2.75) is 13.3 Å². The molecule has 0 saturated heterocycles. The fourth-order valence-corrected chi connectivity index (χ4v) is 3.95. The predicted octanol–water partition coefficient (Wildman–Crippen LogP) is 4.75. The van der Waals surface area contributed by atoms with Crippen molar-refractivity contribution in [3.8, 4) is 11.5 Å². The number of para-hydroxylation sites is 1. The molecule has 0 radical (unpaired) electrons. The van der Waals surface area contributed by atoms with E-state index in [-0.39, 0.29) is 5.91 Å². The molecule has 130 valence electrons. The standard InChI is InChI=1S/C18H14N4O2S2/c1-2-13-16(26-22-21-13)17(23)20-18-19-14-9-8-12(10-15(14)25-18)24-11-6-4-3-5-7-11/h3-10H,2H2,1H3,(H,19,20,23). The molecule has 8 heteroatoms. The maximum atomic E-state index is 12.4. The van der Waals surface area contributed by atoms with Crippen molar-refractivity contribution in [2.24, 2.45) is 0 Å². The number of nitrogens with one attached hydrogen (secondary N) is 1. The van der Waals surface area contributed by atoms with Crippen LogP contribution in [0.15, 0.2) is 48.5 Å². The zero-order valence-electron chi connectivity index (χ0n) is 13.8. The fourth-order valence-electron chi connectivity index (χ4n) is 2.41. The summed E-state index contributed by atoms with van der Waals surface area (Å²) >= 11 is 2.50. The van der Waals surface area contributed by atoms with Gasteiger partial charge in [-0.1, -0.05) is 40.9 Å². The number of carbonyl (C=O) groups is 1. The summed E-state index contributed by atoms with van der Waals surface area (Å²) in [5, 5.41) is 7.34. The minimum Gasteiger partial charge on any atom is -0.457 e. The lowest BCUT2D eigenvalue weighted by Gasteiger charge is -2.04. The van der Waals surface area contributed by atoms with Gasteiger partial charge >= 0.3 is 0 Å². The molecule has 26 heavy (non-hydrogen) atoms. The zero-order chi connectivity index (χ0) is 17.9.